The summed E-state index contributed by atoms with van der Waals surface area (Å²) in [6.07, 6.45) is 3.39. The third-order valence-corrected chi connectivity index (χ3v) is 3.61. The largest absolute Gasteiger partial charge is 0.508 e. The molecule has 108 valence electrons. The number of carboxylic acid groups (broad SMARTS) is 1. The monoisotopic (exact) mass is 304 g/mol. The maximum absolute atomic E-state index is 11.2. The Hall–Kier alpha value is -2.48. The third-order valence-electron chi connectivity index (χ3n) is 3.07. The van der Waals surface area contributed by atoms with E-state index in [1.54, 1.807) is 35.0 Å². The standard InChI is InChI=1S/C13H12N4O3S/c1-21-13-15-12-14-9(11(19)20)6-10(17(12)16-13)7-3-2-4-8(18)5-7/h2-6,10,18H,1H3,(H,19,20)(H,14,15,16)/t10-/m0/s1. The highest BCUT2D eigenvalue weighted by Crippen LogP contribution is 2.31. The maximum atomic E-state index is 11.2. The number of carboxylic acids is 1. The molecular formula is C13H12N4O3S. The zero-order valence-corrected chi connectivity index (χ0v) is 11.8. The van der Waals surface area contributed by atoms with Crippen LogP contribution in [0.4, 0.5) is 5.95 Å². The van der Waals surface area contributed by atoms with Gasteiger partial charge >= 0.3 is 5.97 Å². The molecule has 1 aliphatic rings. The molecule has 3 rings (SSSR count). The fourth-order valence-electron chi connectivity index (χ4n) is 2.13. The van der Waals surface area contributed by atoms with Crippen LogP contribution in [-0.4, -0.2) is 37.2 Å². The summed E-state index contributed by atoms with van der Waals surface area (Å²) >= 11 is 1.37. The summed E-state index contributed by atoms with van der Waals surface area (Å²) in [5.74, 6) is -0.587. The van der Waals surface area contributed by atoms with Crippen molar-refractivity contribution in [3.63, 3.8) is 0 Å². The highest BCUT2D eigenvalue weighted by molar-refractivity contribution is 7.98. The number of phenols is 1. The van der Waals surface area contributed by atoms with E-state index in [-0.39, 0.29) is 11.4 Å². The van der Waals surface area contributed by atoms with Crippen molar-refractivity contribution in [2.45, 2.75) is 11.2 Å². The minimum absolute atomic E-state index is 0.0379. The molecule has 0 saturated heterocycles. The number of anilines is 1. The van der Waals surface area contributed by atoms with E-state index < -0.39 is 12.0 Å². The van der Waals surface area contributed by atoms with Crippen molar-refractivity contribution in [2.24, 2.45) is 0 Å². The first-order valence-electron chi connectivity index (χ1n) is 6.10. The van der Waals surface area contributed by atoms with Gasteiger partial charge in [0.15, 0.2) is 0 Å². The van der Waals surface area contributed by atoms with Gasteiger partial charge in [-0.25, -0.2) is 9.48 Å². The van der Waals surface area contributed by atoms with Gasteiger partial charge in [-0.15, -0.1) is 5.10 Å². The molecule has 0 spiro atoms. The normalized spacial score (nSPS) is 16.8. The van der Waals surface area contributed by atoms with Crippen LogP contribution < -0.4 is 5.32 Å². The summed E-state index contributed by atoms with van der Waals surface area (Å²) in [6.45, 7) is 0. The summed E-state index contributed by atoms with van der Waals surface area (Å²) in [4.78, 5) is 15.5. The topological polar surface area (TPSA) is 100 Å². The van der Waals surface area contributed by atoms with Crippen molar-refractivity contribution in [3.8, 4) is 5.75 Å². The first-order valence-corrected chi connectivity index (χ1v) is 7.32. The quantitative estimate of drug-likeness (QED) is 0.742. The van der Waals surface area contributed by atoms with Crippen molar-refractivity contribution >= 4 is 23.7 Å². The minimum Gasteiger partial charge on any atom is -0.508 e. The average Bonchev–Trinajstić information content (AvgIpc) is 2.89. The molecule has 2 heterocycles. The van der Waals surface area contributed by atoms with Gasteiger partial charge in [-0.05, 0) is 30.0 Å². The number of nitrogens with zero attached hydrogens (tertiary/aromatic N) is 3. The number of carbonyl (C=O) groups is 1. The highest BCUT2D eigenvalue weighted by atomic mass is 32.2. The molecule has 8 heteroatoms. The molecule has 7 nitrogen and oxygen atoms in total. The van der Waals surface area contributed by atoms with Crippen LogP contribution in [-0.2, 0) is 4.79 Å². The lowest BCUT2D eigenvalue weighted by Gasteiger charge is -2.22. The Bertz CT molecular complexity index is 741. The molecule has 1 atom stereocenters. The van der Waals surface area contributed by atoms with Gasteiger partial charge in [0.1, 0.15) is 17.5 Å². The van der Waals surface area contributed by atoms with E-state index in [0.717, 1.165) is 5.56 Å². The number of fused-ring (bicyclic) bond motifs is 1. The number of thioether (sulfide) groups is 1. The van der Waals surface area contributed by atoms with Crippen LogP contribution in [0.1, 0.15) is 11.6 Å². The fraction of sp³-hybridized carbons (Fsp3) is 0.154. The summed E-state index contributed by atoms with van der Waals surface area (Å²) in [5.41, 5.74) is 0.768. The molecule has 1 aromatic carbocycles. The van der Waals surface area contributed by atoms with Crippen molar-refractivity contribution < 1.29 is 15.0 Å². The molecule has 1 aromatic heterocycles. The van der Waals surface area contributed by atoms with Crippen LogP contribution in [0.25, 0.3) is 0 Å². The van der Waals surface area contributed by atoms with Gasteiger partial charge in [0.05, 0.1) is 0 Å². The summed E-state index contributed by atoms with van der Waals surface area (Å²) in [6, 6.07) is 6.20. The summed E-state index contributed by atoms with van der Waals surface area (Å²) < 4.78 is 1.60. The molecule has 0 bridgehead atoms. The zero-order chi connectivity index (χ0) is 15.0. The Morgan fingerprint density at radius 1 is 1.48 bits per heavy atom. The van der Waals surface area contributed by atoms with Crippen LogP contribution >= 0.6 is 11.8 Å². The second kappa shape index (κ2) is 5.13. The van der Waals surface area contributed by atoms with Crippen LogP contribution in [0.15, 0.2) is 41.2 Å². The van der Waals surface area contributed by atoms with E-state index in [0.29, 0.717) is 11.1 Å². The zero-order valence-electron chi connectivity index (χ0n) is 11.0. The number of aromatic hydroxyl groups is 1. The van der Waals surface area contributed by atoms with E-state index in [1.165, 1.54) is 11.8 Å². The number of hydrogen-bond donors (Lipinski definition) is 3. The summed E-state index contributed by atoms with van der Waals surface area (Å²) in [7, 11) is 0. The third kappa shape index (κ3) is 2.45. The number of benzene rings is 1. The first kappa shape index (κ1) is 13.5. The van der Waals surface area contributed by atoms with E-state index >= 15 is 0 Å². The second-order valence-electron chi connectivity index (χ2n) is 4.42. The van der Waals surface area contributed by atoms with Gasteiger partial charge in [-0.1, -0.05) is 23.9 Å². The van der Waals surface area contributed by atoms with E-state index in [2.05, 4.69) is 15.4 Å². The number of aliphatic carboxylic acids is 1. The molecule has 0 unspecified atom stereocenters. The minimum atomic E-state index is -1.07. The molecule has 0 fully saturated rings. The molecule has 1 aliphatic heterocycles. The first-order chi connectivity index (χ1) is 10.1. The molecule has 0 saturated carbocycles. The molecular weight excluding hydrogens is 292 g/mol. The predicted molar refractivity (Wildman–Crippen MR) is 77.4 cm³/mol. The molecule has 3 N–H and O–H groups in total. The predicted octanol–water partition coefficient (Wildman–Crippen LogP) is 1.69. The highest BCUT2D eigenvalue weighted by Gasteiger charge is 2.27. The Balaban J connectivity index is 2.12. The smallest absolute Gasteiger partial charge is 0.352 e. The number of rotatable bonds is 3. The van der Waals surface area contributed by atoms with Crippen molar-refractivity contribution in [1.29, 1.82) is 0 Å². The Kier molecular flexibility index (Phi) is 3.30. The lowest BCUT2D eigenvalue weighted by Crippen LogP contribution is -2.24. The number of hydrogen-bond acceptors (Lipinski definition) is 6. The summed E-state index contributed by atoms with van der Waals surface area (Å²) in [5, 5.41) is 26.4. The van der Waals surface area contributed by atoms with E-state index in [4.69, 9.17) is 0 Å². The van der Waals surface area contributed by atoms with Crippen molar-refractivity contribution in [3.05, 3.63) is 41.6 Å². The van der Waals surface area contributed by atoms with Crippen LogP contribution in [0.2, 0.25) is 0 Å². The van der Waals surface area contributed by atoms with Gasteiger partial charge < -0.3 is 15.5 Å². The van der Waals surface area contributed by atoms with E-state index in [9.17, 15) is 15.0 Å². The number of phenolic OH excluding ortho intramolecular Hbond substituents is 1. The number of aromatic nitrogens is 3. The van der Waals surface area contributed by atoms with E-state index in [1.807, 2.05) is 6.26 Å². The second-order valence-corrected chi connectivity index (χ2v) is 5.19. The van der Waals surface area contributed by atoms with Gasteiger partial charge in [0.2, 0.25) is 11.1 Å². The Morgan fingerprint density at radius 2 is 2.29 bits per heavy atom. The molecule has 0 amide bonds. The number of allylic oxidation sites excluding steroid dienone is 1. The Labute approximate surface area is 124 Å². The van der Waals surface area contributed by atoms with Crippen molar-refractivity contribution in [2.75, 3.05) is 11.6 Å². The van der Waals surface area contributed by atoms with Crippen LogP contribution in [0, 0.1) is 0 Å². The number of nitrogens with one attached hydrogen (secondary N) is 1. The molecule has 0 aliphatic carbocycles. The average molecular weight is 304 g/mol. The maximum Gasteiger partial charge on any atom is 0.352 e. The SMILES string of the molecule is CSc1nc2n(n1)[C@H](c1cccc(O)c1)C=C(C(=O)O)N2. The molecule has 2 aromatic rings. The lowest BCUT2D eigenvalue weighted by molar-refractivity contribution is -0.132. The van der Waals surface area contributed by atoms with Crippen LogP contribution in [0.3, 0.4) is 0 Å². The fourth-order valence-corrected chi connectivity index (χ4v) is 2.48. The molecule has 0 radical (unpaired) electrons. The Morgan fingerprint density at radius 3 is 2.95 bits per heavy atom. The van der Waals surface area contributed by atoms with Gasteiger partial charge in [-0.2, -0.15) is 4.98 Å². The van der Waals surface area contributed by atoms with Gasteiger partial charge in [-0.3, -0.25) is 0 Å². The lowest BCUT2D eigenvalue weighted by atomic mass is 10.0. The van der Waals surface area contributed by atoms with Crippen molar-refractivity contribution in [1.82, 2.24) is 14.8 Å². The molecule has 21 heavy (non-hydrogen) atoms. The van der Waals surface area contributed by atoms with Gasteiger partial charge in [0, 0.05) is 0 Å². The van der Waals surface area contributed by atoms with Gasteiger partial charge in [0.25, 0.3) is 0 Å². The van der Waals surface area contributed by atoms with Crippen LogP contribution in [0.5, 0.6) is 5.75 Å².